The molecule has 10 nitrogen and oxygen atoms in total. The first-order chi connectivity index (χ1) is 14.6. The summed E-state index contributed by atoms with van der Waals surface area (Å²) in [6.45, 7) is 1.14. The number of aryl methyl sites for hydroxylation is 1. The number of benzene rings is 2. The van der Waals surface area contributed by atoms with E-state index in [1.54, 1.807) is 6.92 Å². The van der Waals surface area contributed by atoms with Gasteiger partial charge in [-0.3, -0.25) is 4.79 Å². The number of halogens is 1. The quantitative estimate of drug-likeness (QED) is 0.419. The molecule has 0 atom stereocenters. The third-order valence-electron chi connectivity index (χ3n) is 4.20. The Morgan fingerprint density at radius 2 is 1.87 bits per heavy atom. The van der Waals surface area contributed by atoms with Gasteiger partial charge in [-0.1, -0.05) is 16.7 Å². The Bertz CT molecular complexity index is 1250. The minimum atomic E-state index is -3.92. The lowest BCUT2D eigenvalue weighted by molar-refractivity contribution is -0.392. The van der Waals surface area contributed by atoms with Crippen molar-refractivity contribution < 1.29 is 22.9 Å². The third-order valence-corrected chi connectivity index (χ3v) is 6.20. The van der Waals surface area contributed by atoms with Gasteiger partial charge >= 0.3 is 5.82 Å². The summed E-state index contributed by atoms with van der Waals surface area (Å²) >= 11 is 5.83. The topological polar surface area (TPSA) is 133 Å². The second-order valence-corrected chi connectivity index (χ2v) is 8.85. The van der Waals surface area contributed by atoms with Crippen LogP contribution >= 0.6 is 11.6 Å². The van der Waals surface area contributed by atoms with E-state index in [9.17, 15) is 23.3 Å². The number of nitro groups is 1. The van der Waals surface area contributed by atoms with Crippen molar-refractivity contribution in [2.24, 2.45) is 0 Å². The number of carbonyl (C=O) groups excluding carboxylic acids is 1. The molecule has 1 heterocycles. The van der Waals surface area contributed by atoms with Crippen LogP contribution in [0.25, 0.3) is 0 Å². The van der Waals surface area contributed by atoms with Gasteiger partial charge in [0.05, 0.1) is 28.7 Å². The first-order valence-electron chi connectivity index (χ1n) is 8.78. The van der Waals surface area contributed by atoms with Crippen LogP contribution in [0, 0.1) is 17.0 Å². The van der Waals surface area contributed by atoms with Crippen molar-refractivity contribution in [1.29, 1.82) is 0 Å². The van der Waals surface area contributed by atoms with Crippen LogP contribution < -0.4 is 10.1 Å². The number of hydrogen-bond acceptors (Lipinski definition) is 7. The van der Waals surface area contributed by atoms with Gasteiger partial charge in [-0.2, -0.15) is 0 Å². The van der Waals surface area contributed by atoms with E-state index in [1.807, 2.05) is 0 Å². The van der Waals surface area contributed by atoms with E-state index in [0.717, 1.165) is 4.68 Å². The number of hydrogen-bond donors (Lipinski definition) is 1. The van der Waals surface area contributed by atoms with Gasteiger partial charge in [0, 0.05) is 16.8 Å². The number of sulfone groups is 1. The number of amides is 1. The number of ether oxygens (including phenoxy) is 1. The second kappa shape index (κ2) is 8.74. The summed E-state index contributed by atoms with van der Waals surface area (Å²) in [6, 6.07) is 10.9. The maximum Gasteiger partial charge on any atom is 0.345 e. The van der Waals surface area contributed by atoms with Gasteiger partial charge in [-0.25, -0.2) is 8.42 Å². The van der Waals surface area contributed by atoms with Crippen LogP contribution in [0.2, 0.25) is 5.02 Å². The maximum atomic E-state index is 13.0. The number of carbonyl (C=O) groups is 1. The van der Waals surface area contributed by atoms with E-state index in [0.29, 0.717) is 10.7 Å². The molecule has 0 aliphatic carbocycles. The summed E-state index contributed by atoms with van der Waals surface area (Å²) in [6.07, 6.45) is 0. The second-order valence-electron chi connectivity index (χ2n) is 6.46. The fraction of sp³-hybridized carbons (Fsp3) is 0.158. The van der Waals surface area contributed by atoms with E-state index in [2.05, 4.69) is 10.4 Å². The van der Waals surface area contributed by atoms with E-state index in [1.165, 1.54) is 55.6 Å². The summed E-state index contributed by atoms with van der Waals surface area (Å²) in [5.41, 5.74) is 0.528. The number of anilines is 1. The fourth-order valence-electron chi connectivity index (χ4n) is 2.80. The summed E-state index contributed by atoms with van der Waals surface area (Å²) in [4.78, 5) is 22.8. The summed E-state index contributed by atoms with van der Waals surface area (Å²) in [7, 11) is -2.56. The lowest BCUT2D eigenvalue weighted by Crippen LogP contribution is -2.20. The van der Waals surface area contributed by atoms with Crippen molar-refractivity contribution in [3.05, 3.63) is 69.4 Å². The van der Waals surface area contributed by atoms with Crippen molar-refractivity contribution in [2.45, 2.75) is 23.3 Å². The van der Waals surface area contributed by atoms with Crippen molar-refractivity contribution in [3.63, 3.8) is 0 Å². The molecule has 0 saturated carbocycles. The number of aromatic nitrogens is 2. The van der Waals surface area contributed by atoms with Gasteiger partial charge < -0.3 is 20.2 Å². The van der Waals surface area contributed by atoms with Crippen LogP contribution in [0.3, 0.4) is 0 Å². The lowest BCUT2D eigenvalue weighted by atomic mass is 10.3. The van der Waals surface area contributed by atoms with Gasteiger partial charge in [-0.15, -0.1) is 4.68 Å². The zero-order chi connectivity index (χ0) is 22.8. The van der Waals surface area contributed by atoms with Crippen molar-refractivity contribution in [3.8, 4) is 5.75 Å². The predicted molar refractivity (Wildman–Crippen MR) is 112 cm³/mol. The lowest BCUT2D eigenvalue weighted by Gasteiger charge is -2.11. The minimum Gasteiger partial charge on any atom is -0.497 e. The van der Waals surface area contributed by atoms with E-state index >= 15 is 0 Å². The van der Waals surface area contributed by atoms with Crippen LogP contribution in [0.4, 0.5) is 11.5 Å². The van der Waals surface area contributed by atoms with Crippen LogP contribution in [0.1, 0.15) is 5.69 Å². The molecule has 3 aromatic rings. The number of nitrogens with one attached hydrogen (secondary N) is 1. The smallest absolute Gasteiger partial charge is 0.345 e. The van der Waals surface area contributed by atoms with Crippen LogP contribution in [0.15, 0.2) is 58.3 Å². The van der Waals surface area contributed by atoms with Gasteiger partial charge in [0.2, 0.25) is 9.84 Å². The average molecular weight is 465 g/mol. The van der Waals surface area contributed by atoms with E-state index in [4.69, 9.17) is 16.3 Å². The molecule has 3 rings (SSSR count). The molecule has 0 fully saturated rings. The van der Waals surface area contributed by atoms with Crippen molar-refractivity contribution in [1.82, 2.24) is 9.78 Å². The van der Waals surface area contributed by atoms with E-state index < -0.39 is 27.2 Å². The third kappa shape index (κ3) is 5.01. The van der Waals surface area contributed by atoms with Crippen LogP contribution in [-0.4, -0.2) is 36.1 Å². The molecular formula is C19H17ClN4O6S. The molecule has 1 aromatic heterocycles. The first kappa shape index (κ1) is 22.2. The summed E-state index contributed by atoms with van der Waals surface area (Å²) in [5, 5.41) is 17.9. The molecular weight excluding hydrogens is 448 g/mol. The first-order valence-corrected chi connectivity index (χ1v) is 10.6. The monoisotopic (exact) mass is 464 g/mol. The maximum absolute atomic E-state index is 13.0. The normalized spacial score (nSPS) is 11.2. The highest BCUT2D eigenvalue weighted by atomic mass is 35.5. The molecule has 0 aliphatic heterocycles. The van der Waals surface area contributed by atoms with Gasteiger partial charge in [0.25, 0.3) is 5.91 Å². The molecule has 0 aliphatic rings. The highest BCUT2D eigenvalue weighted by Crippen LogP contribution is 2.29. The highest BCUT2D eigenvalue weighted by molar-refractivity contribution is 7.91. The standard InChI is InChI=1S/C19H17ClN4O6S/c1-12-7-19(24(26)27)23(22-12)11-18(25)21-14-8-15(30-2)10-17(9-14)31(28,29)16-5-3-13(20)4-6-16/h3-10H,11H2,1-2H3,(H,21,25). The molecule has 1 N–H and O–H groups in total. The largest absolute Gasteiger partial charge is 0.497 e. The molecule has 0 saturated heterocycles. The Balaban J connectivity index is 1.90. The van der Waals surface area contributed by atoms with Crippen molar-refractivity contribution in [2.75, 3.05) is 12.4 Å². The summed E-state index contributed by atoms with van der Waals surface area (Å²) in [5.74, 6) is -0.759. The fourth-order valence-corrected chi connectivity index (χ4v) is 4.24. The molecule has 31 heavy (non-hydrogen) atoms. The number of methoxy groups -OCH3 is 1. The van der Waals surface area contributed by atoms with Crippen LogP contribution in [-0.2, 0) is 21.2 Å². The van der Waals surface area contributed by atoms with Crippen LogP contribution in [0.5, 0.6) is 5.75 Å². The Morgan fingerprint density at radius 3 is 2.48 bits per heavy atom. The Labute approximate surface area is 182 Å². The molecule has 0 spiro atoms. The molecule has 0 unspecified atom stereocenters. The zero-order valence-electron chi connectivity index (χ0n) is 16.4. The molecule has 1 amide bonds. The molecule has 0 radical (unpaired) electrons. The molecule has 162 valence electrons. The highest BCUT2D eigenvalue weighted by Gasteiger charge is 2.22. The number of rotatable bonds is 7. The SMILES string of the molecule is COc1cc(NC(=O)Cn2nc(C)cc2[N+](=O)[O-])cc(S(=O)(=O)c2ccc(Cl)cc2)c1. The van der Waals surface area contributed by atoms with E-state index in [-0.39, 0.29) is 27.0 Å². The Kier molecular flexibility index (Phi) is 6.27. The van der Waals surface area contributed by atoms with Gasteiger partial charge in [0.1, 0.15) is 5.75 Å². The summed E-state index contributed by atoms with van der Waals surface area (Å²) < 4.78 is 32.0. The molecule has 0 bridgehead atoms. The average Bonchev–Trinajstić information content (AvgIpc) is 3.08. The molecule has 12 heteroatoms. The number of nitrogens with zero attached hydrogens (tertiary/aromatic N) is 3. The Morgan fingerprint density at radius 1 is 1.19 bits per heavy atom. The minimum absolute atomic E-state index is 0.0186. The zero-order valence-corrected chi connectivity index (χ0v) is 18.0. The predicted octanol–water partition coefficient (Wildman–Crippen LogP) is 3.23. The van der Waals surface area contributed by atoms with Crippen molar-refractivity contribution >= 4 is 38.9 Å². The molecule has 2 aromatic carbocycles. The Hall–Kier alpha value is -3.44. The van der Waals surface area contributed by atoms with Gasteiger partial charge in [-0.05, 0) is 48.2 Å². The van der Waals surface area contributed by atoms with Gasteiger partial charge in [0.15, 0.2) is 6.54 Å².